The summed E-state index contributed by atoms with van der Waals surface area (Å²) in [6.45, 7) is 4.42. The normalized spacial score (nSPS) is 19.5. The molecule has 0 radical (unpaired) electrons. The van der Waals surface area contributed by atoms with E-state index in [0.717, 1.165) is 6.04 Å². The van der Waals surface area contributed by atoms with E-state index < -0.39 is 0 Å². The molecule has 1 aliphatic rings. The fraction of sp³-hybridized carbons (Fsp3) is 0.600. The summed E-state index contributed by atoms with van der Waals surface area (Å²) in [7, 11) is 0. The van der Waals surface area contributed by atoms with Crippen LogP contribution in [-0.4, -0.2) is 6.04 Å². The first-order chi connectivity index (χ1) is 5.75. The van der Waals surface area contributed by atoms with Gasteiger partial charge in [-0.25, -0.2) is 0 Å². The lowest BCUT2D eigenvalue weighted by molar-refractivity contribution is 0.579. The molecule has 66 valence electrons. The fourth-order valence-corrected chi connectivity index (χ4v) is 2.26. The highest BCUT2D eigenvalue weighted by Gasteiger charge is 2.23. The van der Waals surface area contributed by atoms with Crippen molar-refractivity contribution in [2.24, 2.45) is 0 Å². The first-order valence-electron chi connectivity index (χ1n) is 4.58. The molecule has 0 bridgehead atoms. The van der Waals surface area contributed by atoms with Gasteiger partial charge < -0.3 is 5.32 Å². The average molecular weight is 181 g/mol. The van der Waals surface area contributed by atoms with Gasteiger partial charge in [-0.1, -0.05) is 0 Å². The maximum Gasteiger partial charge on any atom is 0.0388 e. The standard InChI is InChI=1S/C10H15NS/c1-7-3-6-10(12-7)8(2)11-9-4-5-9/h3,6,8-9,11H,4-5H2,1-2H3/t8-/m1/s1. The zero-order chi connectivity index (χ0) is 8.55. The van der Waals surface area contributed by atoms with E-state index in [1.165, 1.54) is 22.6 Å². The second kappa shape index (κ2) is 3.19. The van der Waals surface area contributed by atoms with Gasteiger partial charge in [0.2, 0.25) is 0 Å². The molecule has 2 heteroatoms. The Morgan fingerprint density at radius 2 is 2.25 bits per heavy atom. The maximum absolute atomic E-state index is 3.59. The molecule has 1 aliphatic carbocycles. The number of hydrogen-bond donors (Lipinski definition) is 1. The molecule has 1 nitrogen and oxygen atoms in total. The molecule has 2 rings (SSSR count). The smallest absolute Gasteiger partial charge is 0.0388 e. The van der Waals surface area contributed by atoms with Crippen LogP contribution < -0.4 is 5.32 Å². The van der Waals surface area contributed by atoms with E-state index in [-0.39, 0.29) is 0 Å². The molecule has 0 unspecified atom stereocenters. The van der Waals surface area contributed by atoms with Crippen molar-refractivity contribution in [2.75, 3.05) is 0 Å². The summed E-state index contributed by atoms with van der Waals surface area (Å²) in [5.41, 5.74) is 0. The maximum atomic E-state index is 3.59. The van der Waals surface area contributed by atoms with Gasteiger partial charge in [0.25, 0.3) is 0 Å². The van der Waals surface area contributed by atoms with E-state index in [1.807, 2.05) is 11.3 Å². The zero-order valence-corrected chi connectivity index (χ0v) is 8.45. The van der Waals surface area contributed by atoms with Crippen molar-refractivity contribution < 1.29 is 0 Å². The Balaban J connectivity index is 1.97. The molecule has 1 fully saturated rings. The Labute approximate surface area is 77.8 Å². The van der Waals surface area contributed by atoms with Gasteiger partial charge in [-0.15, -0.1) is 11.3 Å². The van der Waals surface area contributed by atoms with Gasteiger partial charge in [0.15, 0.2) is 0 Å². The van der Waals surface area contributed by atoms with E-state index in [0.29, 0.717) is 6.04 Å². The second-order valence-corrected chi connectivity index (χ2v) is 4.93. The Hall–Kier alpha value is -0.340. The third-order valence-corrected chi connectivity index (χ3v) is 3.43. The van der Waals surface area contributed by atoms with Crippen LogP contribution in [0.15, 0.2) is 12.1 Å². The van der Waals surface area contributed by atoms with Gasteiger partial charge in [0.1, 0.15) is 0 Å². The lowest BCUT2D eigenvalue weighted by Gasteiger charge is -2.10. The first-order valence-corrected chi connectivity index (χ1v) is 5.40. The molecule has 1 saturated carbocycles. The molecule has 0 amide bonds. The van der Waals surface area contributed by atoms with Crippen LogP contribution in [0.2, 0.25) is 0 Å². The molecular formula is C10H15NS. The van der Waals surface area contributed by atoms with Crippen molar-refractivity contribution in [3.05, 3.63) is 21.9 Å². The minimum atomic E-state index is 0.552. The van der Waals surface area contributed by atoms with E-state index >= 15 is 0 Å². The lowest BCUT2D eigenvalue weighted by Crippen LogP contribution is -2.19. The zero-order valence-electron chi connectivity index (χ0n) is 7.63. The highest BCUT2D eigenvalue weighted by Crippen LogP contribution is 2.27. The van der Waals surface area contributed by atoms with Crippen molar-refractivity contribution in [3.63, 3.8) is 0 Å². The number of hydrogen-bond acceptors (Lipinski definition) is 2. The monoisotopic (exact) mass is 181 g/mol. The lowest BCUT2D eigenvalue weighted by atomic mass is 10.2. The molecule has 0 aliphatic heterocycles. The molecule has 1 N–H and O–H groups in total. The SMILES string of the molecule is Cc1ccc([C@@H](C)NC2CC2)s1. The summed E-state index contributed by atoms with van der Waals surface area (Å²) in [6, 6.07) is 5.80. The quantitative estimate of drug-likeness (QED) is 0.756. The minimum absolute atomic E-state index is 0.552. The van der Waals surface area contributed by atoms with Gasteiger partial charge in [0.05, 0.1) is 0 Å². The van der Waals surface area contributed by atoms with Crippen molar-refractivity contribution in [1.82, 2.24) is 5.32 Å². The Bertz CT molecular complexity index is 263. The third kappa shape index (κ3) is 1.87. The molecule has 1 aromatic rings. The van der Waals surface area contributed by atoms with Crippen LogP contribution in [0, 0.1) is 6.92 Å². The second-order valence-electron chi connectivity index (χ2n) is 3.61. The van der Waals surface area contributed by atoms with Gasteiger partial charge in [-0.05, 0) is 38.8 Å². The van der Waals surface area contributed by atoms with E-state index in [4.69, 9.17) is 0 Å². The third-order valence-electron chi connectivity index (χ3n) is 2.25. The van der Waals surface area contributed by atoms with Crippen molar-refractivity contribution in [3.8, 4) is 0 Å². The van der Waals surface area contributed by atoms with Crippen LogP contribution in [0.5, 0.6) is 0 Å². The van der Waals surface area contributed by atoms with Gasteiger partial charge in [-0.2, -0.15) is 0 Å². The minimum Gasteiger partial charge on any atom is -0.307 e. The molecule has 1 aromatic heterocycles. The molecule has 0 saturated heterocycles. The van der Waals surface area contributed by atoms with Crippen LogP contribution >= 0.6 is 11.3 Å². The van der Waals surface area contributed by atoms with E-state index in [9.17, 15) is 0 Å². The topological polar surface area (TPSA) is 12.0 Å². The summed E-state index contributed by atoms with van der Waals surface area (Å²) in [5, 5.41) is 3.59. The highest BCUT2D eigenvalue weighted by atomic mass is 32.1. The van der Waals surface area contributed by atoms with Crippen LogP contribution in [0.1, 0.15) is 35.6 Å². The first kappa shape index (κ1) is 8.27. The van der Waals surface area contributed by atoms with E-state index in [1.54, 1.807) is 0 Å². The summed E-state index contributed by atoms with van der Waals surface area (Å²) in [4.78, 5) is 2.88. The fourth-order valence-electron chi connectivity index (χ4n) is 1.37. The molecule has 0 spiro atoms. The molecule has 0 aromatic carbocycles. The van der Waals surface area contributed by atoms with Crippen molar-refractivity contribution in [1.29, 1.82) is 0 Å². The average Bonchev–Trinajstić information content (AvgIpc) is 2.72. The largest absolute Gasteiger partial charge is 0.307 e. The number of aryl methyl sites for hydroxylation is 1. The Kier molecular flexibility index (Phi) is 2.20. The summed E-state index contributed by atoms with van der Waals surface area (Å²) in [6.07, 6.45) is 2.74. The Morgan fingerprint density at radius 3 is 2.75 bits per heavy atom. The number of nitrogens with one attached hydrogen (secondary N) is 1. The molecule has 1 heterocycles. The molecule has 1 atom stereocenters. The van der Waals surface area contributed by atoms with Crippen molar-refractivity contribution in [2.45, 2.75) is 38.8 Å². The summed E-state index contributed by atoms with van der Waals surface area (Å²) >= 11 is 1.90. The van der Waals surface area contributed by atoms with Gasteiger partial charge >= 0.3 is 0 Å². The molecule has 12 heavy (non-hydrogen) atoms. The van der Waals surface area contributed by atoms with Crippen molar-refractivity contribution >= 4 is 11.3 Å². The Morgan fingerprint density at radius 1 is 1.50 bits per heavy atom. The highest BCUT2D eigenvalue weighted by molar-refractivity contribution is 7.12. The predicted molar refractivity (Wildman–Crippen MR) is 53.6 cm³/mol. The molecular weight excluding hydrogens is 166 g/mol. The summed E-state index contributed by atoms with van der Waals surface area (Å²) < 4.78 is 0. The van der Waals surface area contributed by atoms with Crippen LogP contribution in [0.25, 0.3) is 0 Å². The van der Waals surface area contributed by atoms with E-state index in [2.05, 4.69) is 31.3 Å². The van der Waals surface area contributed by atoms with Crippen LogP contribution in [-0.2, 0) is 0 Å². The van der Waals surface area contributed by atoms with Gasteiger partial charge in [0, 0.05) is 21.8 Å². The number of rotatable bonds is 3. The van der Waals surface area contributed by atoms with Crippen LogP contribution in [0.4, 0.5) is 0 Å². The van der Waals surface area contributed by atoms with Gasteiger partial charge in [-0.3, -0.25) is 0 Å². The number of thiophene rings is 1. The predicted octanol–water partition coefficient (Wildman–Crippen LogP) is 2.87. The van der Waals surface area contributed by atoms with Crippen LogP contribution in [0.3, 0.4) is 0 Å². The summed E-state index contributed by atoms with van der Waals surface area (Å²) in [5.74, 6) is 0.